The van der Waals surface area contributed by atoms with Crippen molar-refractivity contribution < 1.29 is 13.2 Å². The molecule has 3 fully saturated rings. The van der Waals surface area contributed by atoms with Gasteiger partial charge in [-0.15, -0.1) is 0 Å². The van der Waals surface area contributed by atoms with Crippen LogP contribution in [0.2, 0.25) is 0 Å². The predicted octanol–water partition coefficient (Wildman–Crippen LogP) is 2.44. The highest BCUT2D eigenvalue weighted by Gasteiger charge is 2.42. The first-order chi connectivity index (χ1) is 15.9. The summed E-state index contributed by atoms with van der Waals surface area (Å²) in [6.07, 6.45) is 3.18. The van der Waals surface area contributed by atoms with Crippen molar-refractivity contribution in [3.05, 3.63) is 31.9 Å². The van der Waals surface area contributed by atoms with E-state index in [2.05, 4.69) is 18.7 Å². The van der Waals surface area contributed by atoms with Gasteiger partial charge in [0.05, 0.1) is 22.5 Å². The number of piperidine rings is 1. The fourth-order valence-corrected chi connectivity index (χ4v) is 8.42. The minimum absolute atomic E-state index is 0.0490. The van der Waals surface area contributed by atoms with E-state index in [4.69, 9.17) is 12.2 Å². The van der Waals surface area contributed by atoms with Crippen LogP contribution >= 0.6 is 24.0 Å². The third-order valence-electron chi connectivity index (χ3n) is 6.81. The Labute approximate surface area is 209 Å². The summed E-state index contributed by atoms with van der Waals surface area (Å²) < 4.78 is 25.8. The van der Waals surface area contributed by atoms with Crippen LogP contribution in [0.25, 0.3) is 6.08 Å². The zero-order valence-corrected chi connectivity index (χ0v) is 22.1. The van der Waals surface area contributed by atoms with Crippen LogP contribution in [0, 0.1) is 30.1 Å². The molecule has 182 valence electrons. The third-order valence-corrected chi connectivity index (χ3v) is 9.89. The van der Waals surface area contributed by atoms with Crippen LogP contribution in [0.15, 0.2) is 9.70 Å². The number of aromatic nitrogens is 1. The summed E-state index contributed by atoms with van der Waals surface area (Å²) in [6, 6.07) is 1.57. The lowest BCUT2D eigenvalue weighted by molar-refractivity contribution is -0.123. The Morgan fingerprint density at radius 3 is 2.41 bits per heavy atom. The van der Waals surface area contributed by atoms with Crippen molar-refractivity contribution in [3.63, 3.8) is 0 Å². The molecular formula is C23H28N4O4S3. The molecule has 1 amide bonds. The minimum Gasteiger partial charge on any atom is -0.357 e. The lowest BCUT2D eigenvalue weighted by Gasteiger charge is -2.38. The first kappa shape index (κ1) is 24.9. The fourth-order valence-electron chi connectivity index (χ4n) is 5.33. The number of thioether (sulfide) groups is 1. The number of hydrogen-bond donors (Lipinski definition) is 0. The van der Waals surface area contributed by atoms with E-state index in [9.17, 15) is 23.3 Å². The molecule has 0 aromatic carbocycles. The molecule has 0 aliphatic carbocycles. The Kier molecular flexibility index (Phi) is 6.70. The molecular weight excluding hydrogens is 492 g/mol. The van der Waals surface area contributed by atoms with Gasteiger partial charge in [0.2, 0.25) is 0 Å². The van der Waals surface area contributed by atoms with Crippen LogP contribution in [0.4, 0.5) is 5.82 Å². The summed E-state index contributed by atoms with van der Waals surface area (Å²) in [5.74, 6) is 1.20. The van der Waals surface area contributed by atoms with Crippen LogP contribution in [-0.4, -0.2) is 58.7 Å². The molecule has 11 heteroatoms. The molecule has 0 bridgehead atoms. The van der Waals surface area contributed by atoms with Crippen molar-refractivity contribution in [1.82, 2.24) is 9.47 Å². The smallest absolute Gasteiger partial charge is 0.270 e. The number of anilines is 1. The second-order valence-corrected chi connectivity index (χ2v) is 13.6. The number of rotatable bonds is 3. The van der Waals surface area contributed by atoms with Gasteiger partial charge >= 0.3 is 0 Å². The number of carbonyl (C=O) groups is 1. The largest absolute Gasteiger partial charge is 0.357 e. The Morgan fingerprint density at radius 2 is 1.85 bits per heavy atom. The van der Waals surface area contributed by atoms with E-state index in [1.54, 1.807) is 20.0 Å². The molecule has 34 heavy (non-hydrogen) atoms. The van der Waals surface area contributed by atoms with Gasteiger partial charge in [-0.3, -0.25) is 19.1 Å². The summed E-state index contributed by atoms with van der Waals surface area (Å²) in [5.41, 5.74) is 0.870. The Balaban J connectivity index is 1.82. The van der Waals surface area contributed by atoms with Gasteiger partial charge in [0.15, 0.2) is 9.84 Å². The lowest BCUT2D eigenvalue weighted by atomic mass is 9.91. The monoisotopic (exact) mass is 520 g/mol. The maximum Gasteiger partial charge on any atom is 0.270 e. The van der Waals surface area contributed by atoms with E-state index in [0.717, 1.165) is 31.3 Å². The maximum absolute atomic E-state index is 13.3. The highest BCUT2D eigenvalue weighted by molar-refractivity contribution is 8.26. The maximum atomic E-state index is 13.3. The molecule has 8 nitrogen and oxygen atoms in total. The Morgan fingerprint density at radius 1 is 1.21 bits per heavy atom. The highest BCUT2D eigenvalue weighted by Crippen LogP contribution is 2.39. The molecule has 3 saturated heterocycles. The molecule has 1 aromatic heterocycles. The van der Waals surface area contributed by atoms with E-state index >= 15 is 0 Å². The molecule has 4 heterocycles. The summed E-state index contributed by atoms with van der Waals surface area (Å²) in [7, 11) is -1.52. The fraction of sp³-hybridized carbons (Fsp3) is 0.565. The van der Waals surface area contributed by atoms with Crippen molar-refractivity contribution in [3.8, 4) is 6.07 Å². The van der Waals surface area contributed by atoms with E-state index in [1.807, 2.05) is 6.07 Å². The average molecular weight is 521 g/mol. The van der Waals surface area contributed by atoms with Crippen LogP contribution in [0.3, 0.4) is 0 Å². The van der Waals surface area contributed by atoms with Gasteiger partial charge in [0, 0.05) is 25.7 Å². The quantitative estimate of drug-likeness (QED) is 0.442. The van der Waals surface area contributed by atoms with Crippen molar-refractivity contribution >= 4 is 55.9 Å². The number of sulfone groups is 1. The van der Waals surface area contributed by atoms with E-state index < -0.39 is 15.9 Å². The normalized spacial score (nSPS) is 28.1. The van der Waals surface area contributed by atoms with Crippen LogP contribution in [0.5, 0.6) is 0 Å². The van der Waals surface area contributed by atoms with Crippen molar-refractivity contribution in [2.45, 2.75) is 39.7 Å². The number of amides is 1. The van der Waals surface area contributed by atoms with Gasteiger partial charge < -0.3 is 4.90 Å². The van der Waals surface area contributed by atoms with E-state index in [0.29, 0.717) is 44.4 Å². The summed E-state index contributed by atoms with van der Waals surface area (Å²) in [5, 5.41) is 9.67. The SMILES string of the molecule is Cc1c(C=C2SC(=S)N(C3CCS(=O)(=O)C3)C2=O)c(N2CC(C)CC(C)C2)n(C)c(=O)c1C#N. The lowest BCUT2D eigenvalue weighted by Crippen LogP contribution is -2.42. The molecule has 0 spiro atoms. The zero-order valence-electron chi connectivity index (χ0n) is 19.7. The van der Waals surface area contributed by atoms with Crippen molar-refractivity contribution in [2.24, 2.45) is 18.9 Å². The van der Waals surface area contributed by atoms with Gasteiger partial charge in [-0.2, -0.15) is 5.26 Å². The standard InChI is InChI=1S/C23H28N4O4S3/c1-13-7-14(2)11-26(10-13)20-17(15(3)18(9-24)21(28)25(20)4)8-19-22(29)27(23(32)33-19)16-5-6-34(30,31)12-16/h8,13-14,16H,5-7,10-12H2,1-4H3. The first-order valence-electron chi connectivity index (χ1n) is 11.3. The predicted molar refractivity (Wildman–Crippen MR) is 138 cm³/mol. The number of nitriles is 1. The van der Waals surface area contributed by atoms with Crippen molar-refractivity contribution in [2.75, 3.05) is 29.5 Å². The minimum atomic E-state index is -3.18. The van der Waals surface area contributed by atoms with E-state index in [-0.39, 0.29) is 28.5 Å². The van der Waals surface area contributed by atoms with Gasteiger partial charge in [0.1, 0.15) is 21.8 Å². The summed E-state index contributed by atoms with van der Waals surface area (Å²) in [6.45, 7) is 7.63. The van der Waals surface area contributed by atoms with Gasteiger partial charge in [-0.25, -0.2) is 8.42 Å². The number of hydrogen-bond acceptors (Lipinski definition) is 8. The second-order valence-electron chi connectivity index (χ2n) is 9.67. The Hall–Kier alpha value is -2.16. The molecule has 3 aliphatic heterocycles. The van der Waals surface area contributed by atoms with Gasteiger partial charge in [-0.05, 0) is 43.2 Å². The molecule has 4 rings (SSSR count). The van der Waals surface area contributed by atoms with Crippen LogP contribution < -0.4 is 10.5 Å². The summed E-state index contributed by atoms with van der Waals surface area (Å²) in [4.78, 5) is 30.3. The first-order valence-corrected chi connectivity index (χ1v) is 14.3. The van der Waals surface area contributed by atoms with Crippen LogP contribution in [-0.2, 0) is 21.7 Å². The molecule has 3 atom stereocenters. The third kappa shape index (κ3) is 4.43. The zero-order chi connectivity index (χ0) is 24.9. The van der Waals surface area contributed by atoms with Gasteiger partial charge in [-0.1, -0.05) is 37.8 Å². The summed E-state index contributed by atoms with van der Waals surface area (Å²) >= 11 is 6.59. The highest BCUT2D eigenvalue weighted by atomic mass is 32.2. The van der Waals surface area contributed by atoms with Gasteiger partial charge in [0.25, 0.3) is 11.5 Å². The van der Waals surface area contributed by atoms with E-state index in [1.165, 1.54) is 9.47 Å². The molecule has 0 N–H and O–H groups in total. The number of carbonyl (C=O) groups excluding carboxylic acids is 1. The van der Waals surface area contributed by atoms with Crippen LogP contribution in [0.1, 0.15) is 43.4 Å². The average Bonchev–Trinajstić information content (AvgIpc) is 3.23. The molecule has 0 saturated carbocycles. The molecule has 0 radical (unpaired) electrons. The molecule has 1 aromatic rings. The van der Waals surface area contributed by atoms with Crippen molar-refractivity contribution in [1.29, 1.82) is 5.26 Å². The number of nitrogens with zero attached hydrogens (tertiary/aromatic N) is 4. The number of thiocarbonyl (C=S) groups is 1. The topological polar surface area (TPSA) is 103 Å². The molecule has 3 aliphatic rings. The Bertz CT molecular complexity index is 1300. The molecule has 3 unspecified atom stereocenters. The second kappa shape index (κ2) is 9.13. The number of pyridine rings is 1.